The summed E-state index contributed by atoms with van der Waals surface area (Å²) in [4.78, 5) is 23.7. The second kappa shape index (κ2) is 9.50. The van der Waals surface area contributed by atoms with Gasteiger partial charge < -0.3 is 4.90 Å². The fraction of sp³-hybridized carbons (Fsp3) is 0.0690. The van der Waals surface area contributed by atoms with Crippen LogP contribution in [0.25, 0.3) is 16.7 Å². The summed E-state index contributed by atoms with van der Waals surface area (Å²) in [5.74, 6) is 0. The van der Waals surface area contributed by atoms with E-state index in [1.807, 2.05) is 72.6 Å². The minimum absolute atomic E-state index is 0.0104. The Balaban J connectivity index is 1.81. The Labute approximate surface area is 213 Å². The smallest absolute Gasteiger partial charge is 0.269 e. The van der Waals surface area contributed by atoms with Crippen LogP contribution < -0.4 is 4.57 Å². The standard InChI is InChI=1S/C29H23N4O4/c1-30-15-11-20(12-16-30)26-19-27(21-13-17-31(2)18-14-21)29(23-5-9-25(10-6-23)33(36)37)28(26)22-3-7-24(8-4-22)32(34)35/h3-19H,1-2H3/q+1. The third kappa shape index (κ3) is 4.60. The van der Waals surface area contributed by atoms with Crippen molar-refractivity contribution in [2.45, 2.75) is 0 Å². The van der Waals surface area contributed by atoms with Crippen LogP contribution in [0.15, 0.2) is 115 Å². The zero-order valence-corrected chi connectivity index (χ0v) is 20.2. The molecule has 37 heavy (non-hydrogen) atoms. The van der Waals surface area contributed by atoms with Crippen molar-refractivity contribution in [1.29, 1.82) is 0 Å². The van der Waals surface area contributed by atoms with Crippen molar-refractivity contribution >= 4 is 28.1 Å². The molecule has 8 heteroatoms. The molecule has 1 aliphatic carbocycles. The largest absolute Gasteiger partial charge is 0.357 e. The van der Waals surface area contributed by atoms with Crippen molar-refractivity contribution in [3.05, 3.63) is 152 Å². The molecular weight excluding hydrogens is 468 g/mol. The van der Waals surface area contributed by atoms with Crippen molar-refractivity contribution in [2.75, 3.05) is 7.05 Å². The average Bonchev–Trinajstić information content (AvgIpc) is 3.30. The lowest BCUT2D eigenvalue weighted by Crippen LogP contribution is -2.25. The molecule has 2 aliphatic rings. The van der Waals surface area contributed by atoms with E-state index in [0.717, 1.165) is 44.6 Å². The van der Waals surface area contributed by atoms with Crippen molar-refractivity contribution in [2.24, 2.45) is 7.05 Å². The summed E-state index contributed by atoms with van der Waals surface area (Å²) in [6, 6.07) is 17.1. The number of rotatable bonds is 5. The average molecular weight is 492 g/mol. The van der Waals surface area contributed by atoms with Crippen LogP contribution in [-0.2, 0) is 7.05 Å². The summed E-state index contributed by atoms with van der Waals surface area (Å²) in [5, 5.41) is 22.6. The van der Waals surface area contributed by atoms with Gasteiger partial charge in [-0.2, -0.15) is 0 Å². The number of hydrogen-bond donors (Lipinski definition) is 0. The van der Waals surface area contributed by atoms with E-state index >= 15 is 0 Å². The molecule has 5 rings (SSSR count). The molecule has 1 aliphatic heterocycles. The molecule has 0 saturated carbocycles. The molecule has 0 fully saturated rings. The van der Waals surface area contributed by atoms with Crippen LogP contribution in [0.5, 0.6) is 0 Å². The SMILES string of the molecule is CN1C=CC(=C2C=C(c3cc[n+](C)cc3)C(c3ccc([N+](=O)[O-])cc3)=C2c2ccc([N+](=O)[O-])cc2)C=C1. The van der Waals surface area contributed by atoms with Gasteiger partial charge in [0.2, 0.25) is 0 Å². The first-order valence-electron chi connectivity index (χ1n) is 11.6. The maximum Gasteiger partial charge on any atom is 0.269 e. The monoisotopic (exact) mass is 491 g/mol. The van der Waals surface area contributed by atoms with Gasteiger partial charge in [0.05, 0.1) is 9.85 Å². The molecule has 0 saturated heterocycles. The molecule has 182 valence electrons. The van der Waals surface area contributed by atoms with Crippen molar-refractivity contribution < 1.29 is 14.4 Å². The van der Waals surface area contributed by atoms with Gasteiger partial charge in [0.15, 0.2) is 12.4 Å². The topological polar surface area (TPSA) is 93.4 Å². The summed E-state index contributed by atoms with van der Waals surface area (Å²) in [7, 11) is 3.90. The van der Waals surface area contributed by atoms with Gasteiger partial charge in [0.25, 0.3) is 11.4 Å². The Kier molecular flexibility index (Phi) is 6.07. The van der Waals surface area contributed by atoms with Gasteiger partial charge in [-0.05, 0) is 87.0 Å². The summed E-state index contributed by atoms with van der Waals surface area (Å²) in [6.45, 7) is 0. The fourth-order valence-corrected chi connectivity index (χ4v) is 4.47. The predicted octanol–water partition coefficient (Wildman–Crippen LogP) is 5.60. The van der Waals surface area contributed by atoms with E-state index in [-0.39, 0.29) is 11.4 Å². The Morgan fingerprint density at radius 2 is 1.19 bits per heavy atom. The van der Waals surface area contributed by atoms with E-state index < -0.39 is 9.85 Å². The highest BCUT2D eigenvalue weighted by atomic mass is 16.6. The van der Waals surface area contributed by atoms with Gasteiger partial charge in [-0.15, -0.1) is 0 Å². The summed E-state index contributed by atoms with van der Waals surface area (Å²) in [5.41, 5.74) is 7.36. The fourth-order valence-electron chi connectivity index (χ4n) is 4.47. The normalized spacial score (nSPS) is 14.9. The molecule has 8 nitrogen and oxygen atoms in total. The van der Waals surface area contributed by atoms with Crippen LogP contribution in [0.3, 0.4) is 0 Å². The highest BCUT2D eigenvalue weighted by molar-refractivity contribution is 6.23. The predicted molar refractivity (Wildman–Crippen MR) is 142 cm³/mol. The molecule has 2 aromatic carbocycles. The maximum absolute atomic E-state index is 11.3. The molecular formula is C29H23N4O4+. The van der Waals surface area contributed by atoms with E-state index in [9.17, 15) is 20.2 Å². The van der Waals surface area contributed by atoms with E-state index in [1.54, 1.807) is 24.3 Å². The molecule has 2 heterocycles. The van der Waals surface area contributed by atoms with Gasteiger partial charge in [0, 0.05) is 55.8 Å². The third-order valence-electron chi connectivity index (χ3n) is 6.39. The quantitative estimate of drug-likeness (QED) is 0.263. The summed E-state index contributed by atoms with van der Waals surface area (Å²) < 4.78 is 1.95. The van der Waals surface area contributed by atoms with Crippen LogP contribution in [0.1, 0.15) is 16.7 Å². The van der Waals surface area contributed by atoms with Gasteiger partial charge in [-0.3, -0.25) is 20.2 Å². The second-order valence-corrected chi connectivity index (χ2v) is 8.83. The Bertz CT molecular complexity index is 1540. The molecule has 0 amide bonds. The zero-order valence-electron chi connectivity index (χ0n) is 20.2. The van der Waals surface area contributed by atoms with Crippen LogP contribution in [-0.4, -0.2) is 21.8 Å². The number of nitro groups is 2. The van der Waals surface area contributed by atoms with Crippen LogP contribution in [0.4, 0.5) is 11.4 Å². The van der Waals surface area contributed by atoms with E-state index in [4.69, 9.17) is 0 Å². The van der Waals surface area contributed by atoms with Gasteiger partial charge >= 0.3 is 0 Å². The molecule has 0 N–H and O–H groups in total. The first kappa shape index (κ1) is 23.6. The van der Waals surface area contributed by atoms with E-state index in [0.29, 0.717) is 0 Å². The lowest BCUT2D eigenvalue weighted by atomic mass is 9.88. The van der Waals surface area contributed by atoms with E-state index in [1.165, 1.54) is 24.3 Å². The van der Waals surface area contributed by atoms with Crippen molar-refractivity contribution in [3.63, 3.8) is 0 Å². The lowest BCUT2D eigenvalue weighted by molar-refractivity contribution is -0.671. The highest BCUT2D eigenvalue weighted by Gasteiger charge is 2.28. The van der Waals surface area contributed by atoms with Gasteiger partial charge in [-0.1, -0.05) is 0 Å². The Morgan fingerprint density at radius 3 is 1.68 bits per heavy atom. The number of pyridine rings is 1. The number of benzene rings is 2. The second-order valence-electron chi connectivity index (χ2n) is 8.83. The Hall–Kier alpha value is -5.11. The van der Waals surface area contributed by atoms with Crippen LogP contribution >= 0.6 is 0 Å². The summed E-state index contributed by atoms with van der Waals surface area (Å²) in [6.07, 6.45) is 14.0. The zero-order chi connectivity index (χ0) is 26.1. The number of nitro benzene ring substituents is 2. The minimum Gasteiger partial charge on any atom is -0.357 e. The van der Waals surface area contributed by atoms with E-state index in [2.05, 4.69) is 6.08 Å². The minimum atomic E-state index is -0.417. The highest BCUT2D eigenvalue weighted by Crippen LogP contribution is 2.49. The van der Waals surface area contributed by atoms with Gasteiger partial charge in [0.1, 0.15) is 7.05 Å². The number of aromatic nitrogens is 1. The van der Waals surface area contributed by atoms with Crippen molar-refractivity contribution in [3.8, 4) is 0 Å². The first-order chi connectivity index (χ1) is 17.8. The molecule has 3 aromatic rings. The molecule has 0 unspecified atom stereocenters. The number of hydrogen-bond acceptors (Lipinski definition) is 5. The molecule has 0 bridgehead atoms. The van der Waals surface area contributed by atoms with Crippen LogP contribution in [0.2, 0.25) is 0 Å². The number of nitrogens with zero attached hydrogens (tertiary/aromatic N) is 4. The Morgan fingerprint density at radius 1 is 0.703 bits per heavy atom. The first-order valence-corrected chi connectivity index (χ1v) is 11.6. The van der Waals surface area contributed by atoms with Gasteiger partial charge in [-0.25, -0.2) is 4.57 Å². The number of aryl methyl sites for hydroxylation is 1. The maximum atomic E-state index is 11.3. The van der Waals surface area contributed by atoms with Crippen molar-refractivity contribution in [1.82, 2.24) is 4.90 Å². The molecule has 0 radical (unpaired) electrons. The molecule has 0 spiro atoms. The molecule has 0 atom stereocenters. The summed E-state index contributed by atoms with van der Waals surface area (Å²) >= 11 is 0. The molecule has 1 aromatic heterocycles. The number of non-ortho nitro benzene ring substituents is 2. The number of allylic oxidation sites excluding steroid dienone is 8. The lowest BCUT2D eigenvalue weighted by Gasteiger charge is -2.17. The van der Waals surface area contributed by atoms with Crippen LogP contribution in [0, 0.1) is 20.2 Å². The third-order valence-corrected chi connectivity index (χ3v) is 6.39.